The number of carboxylic acids is 1. The minimum atomic E-state index is -1.31. The normalized spacial score (nSPS) is 15.8. The van der Waals surface area contributed by atoms with E-state index in [1.165, 1.54) is 17.4 Å². The molecule has 0 bridgehead atoms. The lowest BCUT2D eigenvalue weighted by Crippen LogP contribution is -2.61. The first-order valence-corrected chi connectivity index (χ1v) is 23.7. The third kappa shape index (κ3) is 17.7. The quantitative estimate of drug-likeness (QED) is 0.0181. The highest BCUT2D eigenvalue weighted by molar-refractivity contribution is 5.98. The third-order valence-electron chi connectivity index (χ3n) is 11.8. The molecule has 23 nitrogen and oxygen atoms in total. The Labute approximate surface area is 413 Å². The molecule has 0 spiro atoms. The van der Waals surface area contributed by atoms with Crippen LogP contribution in [0.3, 0.4) is 0 Å². The third-order valence-corrected chi connectivity index (χ3v) is 11.8. The number of likely N-dealkylation sites (N-methyl/N-ethyl adjacent to an activating group) is 1. The van der Waals surface area contributed by atoms with Crippen molar-refractivity contribution >= 4 is 59.0 Å². The Morgan fingerprint density at radius 2 is 1.34 bits per heavy atom. The Bertz CT molecular complexity index is 2290. The molecule has 2 heterocycles. The monoisotopic (exact) mass is 987 g/mol. The van der Waals surface area contributed by atoms with Crippen LogP contribution < -0.4 is 54.4 Å². The van der Waals surface area contributed by atoms with Gasteiger partial charge in [-0.25, -0.2) is 9.78 Å². The van der Waals surface area contributed by atoms with Crippen molar-refractivity contribution in [1.82, 2.24) is 52.1 Å². The number of guanidine groups is 1. The van der Waals surface area contributed by atoms with Crippen LogP contribution in [0.5, 0.6) is 0 Å². The number of aliphatic carboxylic acids is 1. The number of nitrogens with zero attached hydrogens (tertiary/aromatic N) is 3. The van der Waals surface area contributed by atoms with E-state index in [-0.39, 0.29) is 57.7 Å². The van der Waals surface area contributed by atoms with Crippen LogP contribution in [0.2, 0.25) is 0 Å². The summed E-state index contributed by atoms with van der Waals surface area (Å²) >= 11 is 0. The van der Waals surface area contributed by atoms with Gasteiger partial charge in [0.15, 0.2) is 5.96 Å². The first-order chi connectivity index (χ1) is 33.8. The summed E-state index contributed by atoms with van der Waals surface area (Å²) < 4.78 is 0. The summed E-state index contributed by atoms with van der Waals surface area (Å²) in [4.78, 5) is 122. The van der Waals surface area contributed by atoms with E-state index in [1.54, 1.807) is 89.3 Å². The molecule has 71 heavy (non-hydrogen) atoms. The van der Waals surface area contributed by atoms with Gasteiger partial charge in [-0.05, 0) is 67.8 Å². The molecular weight excluding hydrogens is 917 g/mol. The number of carbonyl (C=O) groups excluding carboxylic acids is 7. The molecule has 15 N–H and O–H groups in total. The molecular formula is C48H70N14O9. The molecule has 1 fully saturated rings. The molecule has 0 radical (unpaired) electrons. The van der Waals surface area contributed by atoms with E-state index in [0.717, 1.165) is 0 Å². The number of rotatable bonds is 27. The molecule has 0 aliphatic carbocycles. The molecule has 1 saturated heterocycles. The second-order valence-electron chi connectivity index (χ2n) is 18.2. The number of benzene rings is 2. The molecule has 1 aliphatic rings. The van der Waals surface area contributed by atoms with Gasteiger partial charge < -0.3 is 69.4 Å². The molecule has 4 rings (SSSR count). The highest BCUT2D eigenvalue weighted by atomic mass is 16.4. The van der Waals surface area contributed by atoms with Crippen molar-refractivity contribution < 1.29 is 43.5 Å². The second kappa shape index (κ2) is 27.6. The molecule has 0 saturated carbocycles. The average molecular weight is 987 g/mol. The van der Waals surface area contributed by atoms with Crippen LogP contribution in [0.25, 0.3) is 0 Å². The number of imidazole rings is 1. The molecule has 23 heteroatoms. The zero-order valence-corrected chi connectivity index (χ0v) is 40.9. The molecule has 7 amide bonds. The number of carboxylic acid groups (broad SMARTS) is 1. The number of anilines is 1. The predicted octanol–water partition coefficient (Wildman–Crippen LogP) is -1.41. The fraction of sp³-hybridized carbons (Fsp3) is 0.500. The Morgan fingerprint density at radius 3 is 1.90 bits per heavy atom. The Hall–Kier alpha value is -7.56. The van der Waals surface area contributed by atoms with Crippen molar-refractivity contribution in [2.24, 2.45) is 28.3 Å². The van der Waals surface area contributed by atoms with Gasteiger partial charge in [0.2, 0.25) is 41.4 Å². The molecule has 386 valence electrons. The summed E-state index contributed by atoms with van der Waals surface area (Å²) in [5.74, 6) is -7.05. The van der Waals surface area contributed by atoms with Crippen molar-refractivity contribution in [3.8, 4) is 0 Å². The highest BCUT2D eigenvalue weighted by Gasteiger charge is 2.41. The summed E-state index contributed by atoms with van der Waals surface area (Å²) in [6.07, 6.45) is 3.91. The first-order valence-electron chi connectivity index (χ1n) is 23.7. The van der Waals surface area contributed by atoms with Crippen molar-refractivity contribution in [3.05, 3.63) is 83.9 Å². The summed E-state index contributed by atoms with van der Waals surface area (Å²) in [6, 6.07) is 7.02. The van der Waals surface area contributed by atoms with Gasteiger partial charge in [0.25, 0.3) is 0 Å². The minimum absolute atomic E-state index is 0.0190. The fourth-order valence-corrected chi connectivity index (χ4v) is 8.01. The smallest absolute Gasteiger partial charge is 0.326 e. The predicted molar refractivity (Wildman–Crippen MR) is 264 cm³/mol. The van der Waals surface area contributed by atoms with Crippen molar-refractivity contribution in [1.29, 1.82) is 0 Å². The Kier molecular flexibility index (Phi) is 21.8. The first kappa shape index (κ1) is 56.0. The van der Waals surface area contributed by atoms with Gasteiger partial charge in [-0.15, -0.1) is 0 Å². The van der Waals surface area contributed by atoms with Gasteiger partial charge in [-0.2, -0.15) is 0 Å². The van der Waals surface area contributed by atoms with Gasteiger partial charge in [0.05, 0.1) is 12.9 Å². The van der Waals surface area contributed by atoms with E-state index in [9.17, 15) is 43.5 Å². The number of likely N-dealkylation sites (tertiary alicyclic amines) is 1. The average Bonchev–Trinajstić information content (AvgIpc) is 4.04. The van der Waals surface area contributed by atoms with E-state index in [1.807, 2.05) is 0 Å². The molecule has 1 aliphatic heterocycles. The van der Waals surface area contributed by atoms with E-state index in [2.05, 4.69) is 52.2 Å². The largest absolute Gasteiger partial charge is 0.480 e. The van der Waals surface area contributed by atoms with Crippen molar-refractivity contribution in [2.45, 2.75) is 115 Å². The van der Waals surface area contributed by atoms with Gasteiger partial charge in [-0.1, -0.05) is 70.2 Å². The number of amides is 7. The standard InChI is InChI=1S/C48H70N14O9/c1-27(2)39(60-41(64)33(56-38(63)25-52-5)13-9-19-54-48(50)51)44(67)57-34(21-30-15-17-31(49)18-16-30)42(65)61-40(28(3)4)45(68)58-35(23-32-24-53-26-55-32)46(69)62-20-10-14-37(62)43(66)59-36(47(70)71)22-29-11-7-6-8-12-29/h6-8,11-12,15-18,24,26-28,33-37,39-40,52H,9-10,13-14,19-23,25,49H2,1-5H3,(H,53,55)(H,56,63)(H,57,67)(H,58,68)(H,59,66)(H,60,64)(H,61,65)(H,70,71)(H4,50,51,54)/t33-,34+,35-,36-,37-,39-,40-/m0/s1. The van der Waals surface area contributed by atoms with Crippen LogP contribution in [0, 0.1) is 11.8 Å². The number of aliphatic imine (C=N–C) groups is 1. The Morgan fingerprint density at radius 1 is 0.746 bits per heavy atom. The van der Waals surface area contributed by atoms with Gasteiger partial charge in [-0.3, -0.25) is 38.6 Å². The maximum Gasteiger partial charge on any atom is 0.326 e. The molecule has 7 atom stereocenters. The van der Waals surface area contributed by atoms with Gasteiger partial charge in [0.1, 0.15) is 42.3 Å². The summed E-state index contributed by atoms with van der Waals surface area (Å²) in [6.45, 7) is 7.03. The number of aromatic nitrogens is 2. The summed E-state index contributed by atoms with van der Waals surface area (Å²) in [7, 11) is 1.57. The van der Waals surface area contributed by atoms with Crippen LogP contribution in [0.1, 0.15) is 70.2 Å². The van der Waals surface area contributed by atoms with E-state index in [4.69, 9.17) is 17.2 Å². The van der Waals surface area contributed by atoms with E-state index < -0.39 is 101 Å². The lowest BCUT2D eigenvalue weighted by atomic mass is 9.98. The number of carbonyl (C=O) groups is 8. The molecule has 3 aromatic rings. The maximum absolute atomic E-state index is 14.5. The molecule has 2 aromatic carbocycles. The molecule has 1 aromatic heterocycles. The number of H-pyrrole nitrogens is 1. The van der Waals surface area contributed by atoms with Crippen LogP contribution in [-0.4, -0.2) is 142 Å². The zero-order chi connectivity index (χ0) is 52.2. The minimum Gasteiger partial charge on any atom is -0.480 e. The number of hydrogen-bond acceptors (Lipinski definition) is 12. The van der Waals surface area contributed by atoms with Crippen LogP contribution in [0.15, 0.2) is 72.1 Å². The number of nitrogens with two attached hydrogens (primary N) is 3. The SMILES string of the molecule is CNCC(=O)N[C@@H](CCCN=C(N)N)C(=O)N[C@H](C(=O)N[C@H](Cc1ccc(N)cc1)C(=O)N[C@H](C(=O)N[C@@H](Cc1cnc[nH]1)C(=O)N1CCC[C@H]1C(=O)N[C@@H](Cc1ccccc1)C(=O)O)C(C)C)C(C)C. The van der Waals surface area contributed by atoms with Crippen LogP contribution in [-0.2, 0) is 57.6 Å². The topological polar surface area (TPSA) is 363 Å². The summed E-state index contributed by atoms with van der Waals surface area (Å²) in [5, 5.41) is 29.1. The number of aromatic amines is 1. The lowest BCUT2D eigenvalue weighted by molar-refractivity contribution is -0.145. The summed E-state index contributed by atoms with van der Waals surface area (Å²) in [5.41, 5.74) is 19.1. The van der Waals surface area contributed by atoms with Crippen molar-refractivity contribution in [3.63, 3.8) is 0 Å². The number of hydrogen-bond donors (Lipinski definition) is 12. The lowest BCUT2D eigenvalue weighted by Gasteiger charge is -2.31. The van der Waals surface area contributed by atoms with Gasteiger partial charge in [0, 0.05) is 49.9 Å². The second-order valence-corrected chi connectivity index (χ2v) is 18.2. The zero-order valence-electron chi connectivity index (χ0n) is 40.9. The number of nitrogens with one attached hydrogen (secondary N) is 8. The van der Waals surface area contributed by atoms with Gasteiger partial charge >= 0.3 is 5.97 Å². The van der Waals surface area contributed by atoms with Crippen molar-refractivity contribution in [2.75, 3.05) is 32.4 Å². The van der Waals surface area contributed by atoms with Crippen LogP contribution in [0.4, 0.5) is 5.69 Å². The number of nitrogen functional groups attached to an aromatic ring is 1. The fourth-order valence-electron chi connectivity index (χ4n) is 8.01. The Balaban J connectivity index is 1.56. The highest BCUT2D eigenvalue weighted by Crippen LogP contribution is 2.21. The van der Waals surface area contributed by atoms with E-state index in [0.29, 0.717) is 35.3 Å². The van der Waals surface area contributed by atoms with E-state index >= 15 is 0 Å². The van der Waals surface area contributed by atoms with Crippen LogP contribution >= 0.6 is 0 Å². The maximum atomic E-state index is 14.5. The molecule has 0 unspecified atom stereocenters.